The van der Waals surface area contributed by atoms with Crippen molar-refractivity contribution in [2.45, 2.75) is 0 Å². The molecule has 0 aliphatic rings. The molecule has 0 saturated heterocycles. The number of para-hydroxylation sites is 2. The van der Waals surface area contributed by atoms with Gasteiger partial charge in [0.05, 0.1) is 43.9 Å². The van der Waals surface area contributed by atoms with E-state index >= 15 is 0 Å². The van der Waals surface area contributed by atoms with Gasteiger partial charge >= 0.3 is 0 Å². The van der Waals surface area contributed by atoms with Gasteiger partial charge in [-0.15, -0.1) is 0 Å². The Morgan fingerprint density at radius 1 is 0.218 bits per heavy atom. The highest BCUT2D eigenvalue weighted by atomic mass is 16.3. The summed E-state index contributed by atoms with van der Waals surface area (Å²) in [5.41, 5.74) is 0.965. The van der Waals surface area contributed by atoms with E-state index in [-0.39, 0.29) is 65.2 Å². The van der Waals surface area contributed by atoms with Crippen molar-refractivity contribution in [1.29, 1.82) is 0 Å². The summed E-state index contributed by atoms with van der Waals surface area (Å²) in [5.74, 6) is 0. The quantitative estimate of drug-likeness (QED) is 0.130. The summed E-state index contributed by atoms with van der Waals surface area (Å²) >= 11 is 0. The van der Waals surface area contributed by atoms with Crippen LogP contribution in [-0.2, 0) is 0 Å². The monoisotopic (exact) mass is 1020 g/mol. The maximum absolute atomic E-state index is 9.61. The Hall–Kier alpha value is -10.3. The van der Waals surface area contributed by atoms with E-state index in [9.17, 15) is 16.4 Å². The van der Waals surface area contributed by atoms with Crippen LogP contribution in [0.3, 0.4) is 0 Å². The van der Waals surface area contributed by atoms with Crippen LogP contribution >= 0.6 is 0 Å². The standard InChI is InChI=1S/C40H24O.C36H22O/c1-2-10-29-25(9-1)17-18-26-23-27(19-21-30(26)29)39-32-12-3-5-14-34(32)40(35-15-6-4-13-33(35)39)28-20-22-38-36(24-28)31-11-7-8-16-37(31)41-38;1-2-10-24-21-25(18-17-23(24)9-1)35-28-12-3-5-14-30(28)36(31-15-6-4-13-29(31)35)26-19-20-34-32(22-26)27-11-7-8-16-33(27)37-34/h1-24H;1-22H/i1D,2D,3D,4D,5D,6D,9D,10D,12D,13D,14D,15D,17D,18D,19D,21D,23D;1D,2D,3D,4D,5D,6D,9D,10D,12D,13D,14D,15D,17D,18D,21D. The summed E-state index contributed by atoms with van der Waals surface area (Å²) in [6.07, 6.45) is 0. The summed E-state index contributed by atoms with van der Waals surface area (Å²) in [7, 11) is 0. The molecule has 0 atom stereocenters. The molecule has 0 radical (unpaired) electrons. The largest absolute Gasteiger partial charge is 0.456 e. The van der Waals surface area contributed by atoms with Gasteiger partial charge in [0.1, 0.15) is 22.3 Å². The molecule has 2 aromatic heterocycles. The topological polar surface area (TPSA) is 26.3 Å². The second-order valence-electron chi connectivity index (χ2n) is 18.1. The van der Waals surface area contributed by atoms with Crippen LogP contribution in [0.4, 0.5) is 0 Å². The molecule has 2 heterocycles. The molecular weight excluding hydrogens is 945 g/mol. The zero-order valence-electron chi connectivity index (χ0n) is 71.9. The van der Waals surface area contributed by atoms with Gasteiger partial charge in [-0.3, -0.25) is 0 Å². The fourth-order valence-electron chi connectivity index (χ4n) is 10.5. The summed E-state index contributed by atoms with van der Waals surface area (Å²) < 4.78 is 297. The zero-order valence-corrected chi connectivity index (χ0v) is 39.9. The van der Waals surface area contributed by atoms with Gasteiger partial charge in [0.25, 0.3) is 0 Å². The van der Waals surface area contributed by atoms with Crippen molar-refractivity contribution in [1.82, 2.24) is 0 Å². The van der Waals surface area contributed by atoms with Gasteiger partial charge in [0, 0.05) is 21.5 Å². The predicted octanol–water partition coefficient (Wildman–Crippen LogP) is 21.9. The van der Waals surface area contributed by atoms with Crippen LogP contribution in [0.5, 0.6) is 0 Å². The first-order chi connectivity index (χ1) is 52.0. The van der Waals surface area contributed by atoms with Gasteiger partial charge in [0.15, 0.2) is 0 Å². The van der Waals surface area contributed by atoms with Crippen LogP contribution in [0.25, 0.3) is 164 Å². The second-order valence-corrected chi connectivity index (χ2v) is 18.1. The van der Waals surface area contributed by atoms with Gasteiger partial charge in [-0.2, -0.15) is 0 Å². The van der Waals surface area contributed by atoms with Crippen LogP contribution in [-0.4, -0.2) is 0 Å². The van der Waals surface area contributed by atoms with Crippen molar-refractivity contribution in [3.05, 3.63) is 278 Å². The summed E-state index contributed by atoms with van der Waals surface area (Å²) in [4.78, 5) is 0. The van der Waals surface area contributed by atoms with E-state index in [1.807, 2.05) is 18.2 Å². The van der Waals surface area contributed by atoms with Gasteiger partial charge in [0.2, 0.25) is 0 Å². The molecule has 17 rings (SSSR count). The van der Waals surface area contributed by atoms with Crippen LogP contribution < -0.4 is 0 Å². The number of benzene rings is 15. The Kier molecular flexibility index (Phi) is 5.19. The lowest BCUT2D eigenvalue weighted by Crippen LogP contribution is -1.91. The van der Waals surface area contributed by atoms with Crippen LogP contribution in [0.2, 0.25) is 0 Å². The second kappa shape index (κ2) is 17.7. The minimum Gasteiger partial charge on any atom is -0.456 e. The number of hydrogen-bond acceptors (Lipinski definition) is 2. The van der Waals surface area contributed by atoms with Gasteiger partial charge < -0.3 is 8.83 Å². The highest BCUT2D eigenvalue weighted by Gasteiger charge is 2.20. The lowest BCUT2D eigenvalue weighted by atomic mass is 9.85. The first-order valence-corrected chi connectivity index (χ1v) is 24.2. The van der Waals surface area contributed by atoms with Gasteiger partial charge in [-0.05, 0) is 168 Å². The third-order valence-electron chi connectivity index (χ3n) is 13.9. The molecule has 0 saturated carbocycles. The summed E-state index contributed by atoms with van der Waals surface area (Å²) in [6, 6.07) is 2.65. The first kappa shape index (κ1) is 22.9. The smallest absolute Gasteiger partial charge is 0.135 e. The van der Waals surface area contributed by atoms with E-state index < -0.39 is 237 Å². The molecule has 0 bridgehead atoms. The average Bonchev–Trinajstić information content (AvgIpc) is 0.807. The van der Waals surface area contributed by atoms with Crippen molar-refractivity contribution < 1.29 is 52.7 Å². The molecule has 0 spiro atoms. The molecule has 0 aliphatic heterocycles. The van der Waals surface area contributed by atoms with Crippen LogP contribution in [0.15, 0.2) is 287 Å². The minimum atomic E-state index is -0.787. The first-order valence-electron chi connectivity index (χ1n) is 40.2. The molecule has 362 valence electrons. The zero-order chi connectivity index (χ0) is 79.1. The molecule has 0 N–H and O–H groups in total. The van der Waals surface area contributed by atoms with Crippen molar-refractivity contribution in [3.63, 3.8) is 0 Å². The summed E-state index contributed by atoms with van der Waals surface area (Å²) in [5, 5.41) is -1.81. The molecule has 15 aromatic carbocycles. The maximum atomic E-state index is 9.61. The normalized spacial score (nSPS) is 17.6. The van der Waals surface area contributed by atoms with Crippen molar-refractivity contribution in [3.8, 4) is 44.5 Å². The molecule has 17 aromatic rings. The van der Waals surface area contributed by atoms with Crippen LogP contribution in [0, 0.1) is 0 Å². The number of hydrogen-bond donors (Lipinski definition) is 0. The van der Waals surface area contributed by atoms with E-state index in [4.69, 9.17) is 36.2 Å². The van der Waals surface area contributed by atoms with E-state index in [2.05, 4.69) is 0 Å². The summed E-state index contributed by atoms with van der Waals surface area (Å²) in [6.45, 7) is 0. The number of furan rings is 2. The third-order valence-corrected chi connectivity index (χ3v) is 13.9. The highest BCUT2D eigenvalue weighted by molar-refractivity contribution is 6.24. The van der Waals surface area contributed by atoms with Crippen LogP contribution in [0.1, 0.15) is 43.9 Å². The fourth-order valence-corrected chi connectivity index (χ4v) is 10.5. The van der Waals surface area contributed by atoms with E-state index in [1.54, 1.807) is 66.7 Å². The number of fused-ring (bicyclic) bond motifs is 14. The Balaban J connectivity index is 0.000000168. The molecule has 0 unspecified atom stereocenters. The fraction of sp³-hybridized carbons (Fsp3) is 0. The predicted molar refractivity (Wildman–Crippen MR) is 332 cm³/mol. The molecule has 2 heteroatoms. The van der Waals surface area contributed by atoms with Crippen molar-refractivity contribution >= 4 is 119 Å². The van der Waals surface area contributed by atoms with E-state index in [0.29, 0.717) is 49.6 Å². The van der Waals surface area contributed by atoms with Gasteiger partial charge in [-0.25, -0.2) is 0 Å². The minimum absolute atomic E-state index is 0.00138. The lowest BCUT2D eigenvalue weighted by Gasteiger charge is -2.18. The van der Waals surface area contributed by atoms with E-state index in [0.717, 1.165) is 5.39 Å². The molecule has 0 fully saturated rings. The average molecular weight is 1020 g/mol. The molecule has 78 heavy (non-hydrogen) atoms. The maximum Gasteiger partial charge on any atom is 0.135 e. The molecule has 2 nitrogen and oxygen atoms in total. The Morgan fingerprint density at radius 2 is 0.551 bits per heavy atom. The van der Waals surface area contributed by atoms with Crippen molar-refractivity contribution in [2.75, 3.05) is 0 Å². The Bertz CT molecular complexity index is 7080. The van der Waals surface area contributed by atoms with Gasteiger partial charge in [-0.1, -0.05) is 230 Å². The number of rotatable bonds is 4. The molecule has 0 aliphatic carbocycles. The highest BCUT2D eigenvalue weighted by Crippen LogP contribution is 2.47. The van der Waals surface area contributed by atoms with Crippen molar-refractivity contribution in [2.24, 2.45) is 0 Å². The Morgan fingerprint density at radius 3 is 1.04 bits per heavy atom. The lowest BCUT2D eigenvalue weighted by molar-refractivity contribution is 0.668. The SMILES string of the molecule is [2H]c1c([2H])c([2H])c2c(-c3c([2H])c([2H])c4c(c3[2H])c([2H])c([2H])c3c([2H])c([2H])c([2H])c([2H])c34)c3c([2H])c([2H])c([2H])c([2H])c3c(-c3ccc4oc5ccccc5c4c3)c2c1[2H].[2H]c1c([2H])c([2H])c2c([2H])c(-c3c4c([2H])c([2H])c([2H])c([2H])c4c(-c4ccc5oc6ccccc6c5c4)c4c([2H])c([2H])c([2H])c([2H])c34)c([2H])c([2H])c2c1[2H]. The molecular formula is C76H46O2. The van der Waals surface area contributed by atoms with E-state index in [1.165, 1.54) is 0 Å². The molecule has 0 amide bonds. The third kappa shape index (κ3) is 6.97. The Labute approximate surface area is 494 Å².